The SMILES string of the molecule is Cc1c(NCC2(O)CCOCC2)cccc1[N+](=O)[O-]. The van der Waals surface area contributed by atoms with E-state index < -0.39 is 10.5 Å². The molecule has 0 bridgehead atoms. The molecule has 6 nitrogen and oxygen atoms in total. The Kier molecular flexibility index (Phi) is 4.01. The molecule has 1 aromatic rings. The highest BCUT2D eigenvalue weighted by Gasteiger charge is 2.29. The normalized spacial score (nSPS) is 18.0. The average Bonchev–Trinajstić information content (AvgIpc) is 2.38. The number of aliphatic hydroxyl groups is 1. The van der Waals surface area contributed by atoms with Gasteiger partial charge in [0.2, 0.25) is 0 Å². The molecule has 0 unspecified atom stereocenters. The quantitative estimate of drug-likeness (QED) is 0.641. The molecule has 1 aliphatic rings. The number of anilines is 1. The molecule has 0 saturated carbocycles. The lowest BCUT2D eigenvalue weighted by atomic mass is 9.94. The lowest BCUT2D eigenvalue weighted by molar-refractivity contribution is -0.385. The van der Waals surface area contributed by atoms with Gasteiger partial charge in [-0.3, -0.25) is 10.1 Å². The Hall–Kier alpha value is -1.66. The smallest absolute Gasteiger partial charge is 0.274 e. The Morgan fingerprint density at radius 2 is 2.16 bits per heavy atom. The Labute approximate surface area is 111 Å². The highest BCUT2D eigenvalue weighted by molar-refractivity contribution is 5.59. The first-order chi connectivity index (χ1) is 9.02. The van der Waals surface area contributed by atoms with Gasteiger partial charge in [0, 0.05) is 49.9 Å². The third-order valence-corrected chi connectivity index (χ3v) is 3.53. The molecule has 0 atom stereocenters. The molecule has 1 saturated heterocycles. The summed E-state index contributed by atoms with van der Waals surface area (Å²) in [6, 6.07) is 4.90. The van der Waals surface area contributed by atoms with Crippen molar-refractivity contribution in [1.29, 1.82) is 0 Å². The number of rotatable bonds is 4. The van der Waals surface area contributed by atoms with E-state index in [1.807, 2.05) is 0 Å². The van der Waals surface area contributed by atoms with Crippen LogP contribution in [-0.2, 0) is 4.74 Å². The largest absolute Gasteiger partial charge is 0.388 e. The van der Waals surface area contributed by atoms with Crippen LogP contribution in [0, 0.1) is 17.0 Å². The van der Waals surface area contributed by atoms with E-state index in [1.165, 1.54) is 6.07 Å². The van der Waals surface area contributed by atoms with Crippen LogP contribution >= 0.6 is 0 Å². The van der Waals surface area contributed by atoms with Gasteiger partial charge in [0.15, 0.2) is 0 Å². The van der Waals surface area contributed by atoms with Crippen molar-refractivity contribution in [2.24, 2.45) is 0 Å². The number of ether oxygens (including phenoxy) is 1. The van der Waals surface area contributed by atoms with E-state index in [4.69, 9.17) is 4.74 Å². The van der Waals surface area contributed by atoms with Crippen molar-refractivity contribution in [3.05, 3.63) is 33.9 Å². The summed E-state index contributed by atoms with van der Waals surface area (Å²) < 4.78 is 5.21. The van der Waals surface area contributed by atoms with Gasteiger partial charge in [0.1, 0.15) is 0 Å². The Bertz CT molecular complexity index is 470. The molecule has 1 aromatic carbocycles. The fourth-order valence-corrected chi connectivity index (χ4v) is 2.20. The maximum atomic E-state index is 10.9. The van der Waals surface area contributed by atoms with Crippen LogP contribution in [0.15, 0.2) is 18.2 Å². The van der Waals surface area contributed by atoms with Crippen LogP contribution in [-0.4, -0.2) is 35.4 Å². The second-order valence-electron chi connectivity index (χ2n) is 4.90. The second-order valence-corrected chi connectivity index (χ2v) is 4.90. The summed E-state index contributed by atoms with van der Waals surface area (Å²) in [5, 5.41) is 24.3. The number of nitro benzene ring substituents is 1. The van der Waals surface area contributed by atoms with E-state index in [9.17, 15) is 15.2 Å². The molecular weight excluding hydrogens is 248 g/mol. The van der Waals surface area contributed by atoms with Crippen molar-refractivity contribution >= 4 is 11.4 Å². The van der Waals surface area contributed by atoms with Gasteiger partial charge in [-0.05, 0) is 13.0 Å². The summed E-state index contributed by atoms with van der Waals surface area (Å²) >= 11 is 0. The third kappa shape index (κ3) is 3.21. The van der Waals surface area contributed by atoms with Crippen LogP contribution < -0.4 is 5.32 Å². The Morgan fingerprint density at radius 3 is 2.79 bits per heavy atom. The Balaban J connectivity index is 2.07. The number of nitrogens with one attached hydrogen (secondary N) is 1. The maximum absolute atomic E-state index is 10.9. The average molecular weight is 266 g/mol. The van der Waals surface area contributed by atoms with Gasteiger partial charge in [-0.15, -0.1) is 0 Å². The van der Waals surface area contributed by atoms with E-state index in [2.05, 4.69) is 5.32 Å². The summed E-state index contributed by atoms with van der Waals surface area (Å²) in [6.07, 6.45) is 1.15. The molecule has 2 rings (SSSR count). The van der Waals surface area contributed by atoms with Gasteiger partial charge in [-0.2, -0.15) is 0 Å². The van der Waals surface area contributed by atoms with Gasteiger partial charge in [0.25, 0.3) is 5.69 Å². The first-order valence-electron chi connectivity index (χ1n) is 6.30. The third-order valence-electron chi connectivity index (χ3n) is 3.53. The van der Waals surface area contributed by atoms with Gasteiger partial charge in [-0.25, -0.2) is 0 Å². The molecule has 0 spiro atoms. The standard InChI is InChI=1S/C13H18N2O4/c1-10-11(3-2-4-12(10)15(17)18)14-9-13(16)5-7-19-8-6-13/h2-4,14,16H,5-9H2,1H3. The number of nitro groups is 1. The van der Waals surface area contributed by atoms with Crippen LogP contribution in [0.1, 0.15) is 18.4 Å². The van der Waals surface area contributed by atoms with Crippen LogP contribution in [0.3, 0.4) is 0 Å². The van der Waals surface area contributed by atoms with E-state index in [-0.39, 0.29) is 5.69 Å². The molecule has 1 heterocycles. The monoisotopic (exact) mass is 266 g/mol. The van der Waals surface area contributed by atoms with Crippen molar-refractivity contribution < 1.29 is 14.8 Å². The number of benzene rings is 1. The summed E-state index contributed by atoms with van der Waals surface area (Å²) in [5.41, 5.74) is 0.566. The molecule has 1 fully saturated rings. The number of hydrogen-bond donors (Lipinski definition) is 2. The fraction of sp³-hybridized carbons (Fsp3) is 0.538. The highest BCUT2D eigenvalue weighted by atomic mass is 16.6. The molecule has 1 aliphatic heterocycles. The van der Waals surface area contributed by atoms with Crippen LogP contribution in [0.2, 0.25) is 0 Å². The minimum atomic E-state index is -0.796. The molecule has 2 N–H and O–H groups in total. The minimum absolute atomic E-state index is 0.0870. The predicted molar refractivity (Wildman–Crippen MR) is 71.3 cm³/mol. The van der Waals surface area contributed by atoms with Gasteiger partial charge in [0.05, 0.1) is 10.5 Å². The maximum Gasteiger partial charge on any atom is 0.274 e. The highest BCUT2D eigenvalue weighted by Crippen LogP contribution is 2.27. The Morgan fingerprint density at radius 1 is 1.47 bits per heavy atom. The van der Waals surface area contributed by atoms with Crippen molar-refractivity contribution in [3.8, 4) is 0 Å². The molecule has 0 radical (unpaired) electrons. The van der Waals surface area contributed by atoms with E-state index in [0.29, 0.717) is 43.9 Å². The zero-order chi connectivity index (χ0) is 13.9. The number of hydrogen-bond acceptors (Lipinski definition) is 5. The lowest BCUT2D eigenvalue weighted by Gasteiger charge is -2.32. The van der Waals surface area contributed by atoms with Gasteiger partial charge in [-0.1, -0.05) is 6.07 Å². The molecule has 0 amide bonds. The zero-order valence-corrected chi connectivity index (χ0v) is 10.9. The topological polar surface area (TPSA) is 84.6 Å². The first-order valence-corrected chi connectivity index (χ1v) is 6.30. The summed E-state index contributed by atoms with van der Waals surface area (Å²) in [4.78, 5) is 10.5. The van der Waals surface area contributed by atoms with Crippen molar-refractivity contribution in [3.63, 3.8) is 0 Å². The number of nitrogens with zero attached hydrogens (tertiary/aromatic N) is 1. The zero-order valence-electron chi connectivity index (χ0n) is 10.9. The van der Waals surface area contributed by atoms with Crippen molar-refractivity contribution in [1.82, 2.24) is 0 Å². The molecule has 19 heavy (non-hydrogen) atoms. The molecule has 6 heteroatoms. The van der Waals surface area contributed by atoms with Crippen LogP contribution in [0.5, 0.6) is 0 Å². The fourth-order valence-electron chi connectivity index (χ4n) is 2.20. The molecule has 104 valence electrons. The van der Waals surface area contributed by atoms with E-state index >= 15 is 0 Å². The summed E-state index contributed by atoms with van der Waals surface area (Å²) in [5.74, 6) is 0. The summed E-state index contributed by atoms with van der Waals surface area (Å²) in [6.45, 7) is 3.17. The minimum Gasteiger partial charge on any atom is -0.388 e. The van der Waals surface area contributed by atoms with Gasteiger partial charge < -0.3 is 15.2 Å². The molecule has 0 aliphatic carbocycles. The lowest BCUT2D eigenvalue weighted by Crippen LogP contribution is -2.42. The van der Waals surface area contributed by atoms with Crippen molar-refractivity contribution in [2.45, 2.75) is 25.4 Å². The van der Waals surface area contributed by atoms with Crippen LogP contribution in [0.25, 0.3) is 0 Å². The molecular formula is C13H18N2O4. The van der Waals surface area contributed by atoms with E-state index in [0.717, 1.165) is 0 Å². The van der Waals surface area contributed by atoms with Gasteiger partial charge >= 0.3 is 0 Å². The first kappa shape index (κ1) is 13.8. The molecule has 0 aromatic heterocycles. The van der Waals surface area contributed by atoms with Crippen molar-refractivity contribution in [2.75, 3.05) is 25.1 Å². The van der Waals surface area contributed by atoms with Crippen LogP contribution in [0.4, 0.5) is 11.4 Å². The van der Waals surface area contributed by atoms with E-state index in [1.54, 1.807) is 19.1 Å². The summed E-state index contributed by atoms with van der Waals surface area (Å²) in [7, 11) is 0. The predicted octanol–water partition coefficient (Wildman–Crippen LogP) is 1.86. The second kappa shape index (κ2) is 5.54.